The Morgan fingerprint density at radius 2 is 1.70 bits per heavy atom. The Kier molecular flexibility index (Phi) is 5.34. The van der Waals surface area contributed by atoms with Crippen LogP contribution in [0.3, 0.4) is 0 Å². The summed E-state index contributed by atoms with van der Waals surface area (Å²) in [5, 5.41) is 0.926. The fourth-order valence-corrected chi connectivity index (χ4v) is 4.52. The summed E-state index contributed by atoms with van der Waals surface area (Å²) < 4.78 is 2.18. The molecule has 6 heteroatoms. The fourth-order valence-electron chi connectivity index (χ4n) is 3.54. The Morgan fingerprint density at radius 3 is 2.44 bits per heavy atom. The van der Waals surface area contributed by atoms with E-state index in [1.807, 2.05) is 29.2 Å². The number of para-hydroxylation sites is 3. The number of carbonyl (C=O) groups excluding carboxylic acids is 1. The van der Waals surface area contributed by atoms with Crippen molar-refractivity contribution in [2.24, 2.45) is 0 Å². The number of imidazole rings is 1. The molecule has 27 heavy (non-hydrogen) atoms. The maximum absolute atomic E-state index is 12.7. The van der Waals surface area contributed by atoms with Crippen molar-refractivity contribution in [3.8, 4) is 0 Å². The van der Waals surface area contributed by atoms with Crippen LogP contribution in [-0.4, -0.2) is 52.3 Å². The van der Waals surface area contributed by atoms with Crippen molar-refractivity contribution >= 4 is 34.4 Å². The lowest BCUT2D eigenvalue weighted by Crippen LogP contribution is -2.49. The third-order valence-corrected chi connectivity index (χ3v) is 5.98. The van der Waals surface area contributed by atoms with Crippen LogP contribution in [0.15, 0.2) is 59.8 Å². The number of carbonyl (C=O) groups is 1. The van der Waals surface area contributed by atoms with Gasteiger partial charge in [0.25, 0.3) is 0 Å². The van der Waals surface area contributed by atoms with E-state index in [9.17, 15) is 4.79 Å². The van der Waals surface area contributed by atoms with E-state index < -0.39 is 0 Å². The highest BCUT2D eigenvalue weighted by Gasteiger charge is 2.22. The molecule has 1 aliphatic heterocycles. The SMILES string of the molecule is CCn1c(SCC(=O)N2CCN(c3ccccc3)CC2)nc2ccccc21. The van der Waals surface area contributed by atoms with E-state index >= 15 is 0 Å². The summed E-state index contributed by atoms with van der Waals surface area (Å²) in [6.07, 6.45) is 0. The summed E-state index contributed by atoms with van der Waals surface area (Å²) in [6.45, 7) is 6.29. The molecule has 0 radical (unpaired) electrons. The zero-order valence-corrected chi connectivity index (χ0v) is 16.4. The molecule has 1 aromatic heterocycles. The quantitative estimate of drug-likeness (QED) is 0.636. The van der Waals surface area contributed by atoms with Crippen molar-refractivity contribution in [2.45, 2.75) is 18.6 Å². The molecule has 0 N–H and O–H groups in total. The van der Waals surface area contributed by atoms with Gasteiger partial charge in [-0.15, -0.1) is 0 Å². The molecule has 1 amide bonds. The standard InChI is InChI=1S/C21H24N4OS/c1-2-25-19-11-7-6-10-18(19)22-21(25)27-16-20(26)24-14-12-23(13-15-24)17-8-4-3-5-9-17/h3-11H,2,12-16H2,1H3. The number of aryl methyl sites for hydroxylation is 1. The molecular weight excluding hydrogens is 356 g/mol. The van der Waals surface area contributed by atoms with Crippen molar-refractivity contribution in [1.29, 1.82) is 0 Å². The summed E-state index contributed by atoms with van der Waals surface area (Å²) in [4.78, 5) is 21.7. The fraction of sp³-hybridized carbons (Fsp3) is 0.333. The summed E-state index contributed by atoms with van der Waals surface area (Å²) in [6, 6.07) is 18.5. The van der Waals surface area contributed by atoms with Gasteiger partial charge in [-0.25, -0.2) is 4.98 Å². The number of nitrogens with zero attached hydrogens (tertiary/aromatic N) is 4. The molecule has 2 heterocycles. The Bertz CT molecular complexity index is 916. The molecule has 0 unspecified atom stereocenters. The van der Waals surface area contributed by atoms with E-state index in [-0.39, 0.29) is 5.91 Å². The number of amides is 1. The lowest BCUT2D eigenvalue weighted by molar-refractivity contribution is -0.128. The highest BCUT2D eigenvalue weighted by Crippen LogP contribution is 2.24. The van der Waals surface area contributed by atoms with E-state index in [4.69, 9.17) is 4.98 Å². The van der Waals surface area contributed by atoms with Crippen molar-refractivity contribution in [3.63, 3.8) is 0 Å². The van der Waals surface area contributed by atoms with Crippen LogP contribution in [0.2, 0.25) is 0 Å². The number of hydrogen-bond donors (Lipinski definition) is 0. The van der Waals surface area contributed by atoms with Gasteiger partial charge in [0, 0.05) is 38.4 Å². The van der Waals surface area contributed by atoms with Crippen molar-refractivity contribution in [3.05, 3.63) is 54.6 Å². The van der Waals surface area contributed by atoms with Gasteiger partial charge >= 0.3 is 0 Å². The predicted octanol–water partition coefficient (Wildman–Crippen LogP) is 3.50. The van der Waals surface area contributed by atoms with Gasteiger partial charge in [-0.3, -0.25) is 4.79 Å². The summed E-state index contributed by atoms with van der Waals surface area (Å²) in [7, 11) is 0. The van der Waals surface area contributed by atoms with Crippen LogP contribution in [0, 0.1) is 0 Å². The third-order valence-electron chi connectivity index (χ3n) is 5.01. The van der Waals surface area contributed by atoms with Gasteiger partial charge in [-0.1, -0.05) is 42.1 Å². The van der Waals surface area contributed by atoms with E-state index in [2.05, 4.69) is 46.7 Å². The molecule has 0 bridgehead atoms. The number of fused-ring (bicyclic) bond motifs is 1. The molecule has 0 saturated carbocycles. The molecule has 0 aliphatic carbocycles. The van der Waals surface area contributed by atoms with Crippen LogP contribution in [0.4, 0.5) is 5.69 Å². The minimum atomic E-state index is 0.197. The molecule has 1 saturated heterocycles. The molecule has 140 valence electrons. The Balaban J connectivity index is 1.35. The van der Waals surface area contributed by atoms with Crippen LogP contribution < -0.4 is 4.90 Å². The Labute approximate surface area is 164 Å². The largest absolute Gasteiger partial charge is 0.368 e. The normalized spacial score (nSPS) is 14.7. The van der Waals surface area contributed by atoms with E-state index in [0.717, 1.165) is 48.9 Å². The molecule has 0 spiro atoms. The van der Waals surface area contributed by atoms with Gasteiger partial charge < -0.3 is 14.4 Å². The van der Waals surface area contributed by atoms with Crippen LogP contribution >= 0.6 is 11.8 Å². The van der Waals surface area contributed by atoms with E-state index in [1.165, 1.54) is 5.69 Å². The number of piperazine rings is 1. The second kappa shape index (κ2) is 8.05. The average Bonchev–Trinajstić information content (AvgIpc) is 3.10. The van der Waals surface area contributed by atoms with Gasteiger partial charge in [-0.05, 0) is 31.2 Å². The van der Waals surface area contributed by atoms with Crippen molar-refractivity contribution < 1.29 is 4.79 Å². The number of hydrogen-bond acceptors (Lipinski definition) is 4. The minimum absolute atomic E-state index is 0.197. The summed E-state index contributed by atoms with van der Waals surface area (Å²) >= 11 is 1.54. The average molecular weight is 381 g/mol. The second-order valence-corrected chi connectivity index (χ2v) is 7.56. The zero-order valence-electron chi connectivity index (χ0n) is 15.5. The van der Waals surface area contributed by atoms with E-state index in [1.54, 1.807) is 11.8 Å². The molecular formula is C21H24N4OS. The number of thioether (sulfide) groups is 1. The summed E-state index contributed by atoms with van der Waals surface area (Å²) in [5.74, 6) is 0.636. The van der Waals surface area contributed by atoms with Crippen LogP contribution in [-0.2, 0) is 11.3 Å². The number of benzene rings is 2. The molecule has 0 atom stereocenters. The maximum Gasteiger partial charge on any atom is 0.233 e. The van der Waals surface area contributed by atoms with Crippen LogP contribution in [0.25, 0.3) is 11.0 Å². The van der Waals surface area contributed by atoms with Gasteiger partial charge in [0.1, 0.15) is 0 Å². The van der Waals surface area contributed by atoms with Crippen LogP contribution in [0.1, 0.15) is 6.92 Å². The highest BCUT2D eigenvalue weighted by molar-refractivity contribution is 7.99. The molecule has 3 aromatic rings. The van der Waals surface area contributed by atoms with Crippen LogP contribution in [0.5, 0.6) is 0 Å². The van der Waals surface area contributed by atoms with Gasteiger partial charge in [-0.2, -0.15) is 0 Å². The molecule has 1 fully saturated rings. The predicted molar refractivity (Wildman–Crippen MR) is 111 cm³/mol. The Morgan fingerprint density at radius 1 is 1.00 bits per heavy atom. The van der Waals surface area contributed by atoms with Crippen molar-refractivity contribution in [2.75, 3.05) is 36.8 Å². The first-order chi connectivity index (χ1) is 13.3. The highest BCUT2D eigenvalue weighted by atomic mass is 32.2. The third kappa shape index (κ3) is 3.81. The smallest absolute Gasteiger partial charge is 0.233 e. The van der Waals surface area contributed by atoms with Gasteiger partial charge in [0.15, 0.2) is 5.16 Å². The first kappa shape index (κ1) is 17.9. The number of rotatable bonds is 5. The van der Waals surface area contributed by atoms with Gasteiger partial charge in [0.05, 0.1) is 16.8 Å². The van der Waals surface area contributed by atoms with E-state index in [0.29, 0.717) is 5.75 Å². The second-order valence-electron chi connectivity index (χ2n) is 6.62. The Hall–Kier alpha value is -2.47. The molecule has 4 rings (SSSR count). The lowest BCUT2D eigenvalue weighted by Gasteiger charge is -2.36. The topological polar surface area (TPSA) is 41.4 Å². The molecule has 1 aliphatic rings. The first-order valence-electron chi connectivity index (χ1n) is 9.42. The first-order valence-corrected chi connectivity index (χ1v) is 10.4. The maximum atomic E-state index is 12.7. The minimum Gasteiger partial charge on any atom is -0.368 e. The zero-order chi connectivity index (χ0) is 18.6. The molecule has 5 nitrogen and oxygen atoms in total. The number of aromatic nitrogens is 2. The molecule has 2 aromatic carbocycles. The lowest BCUT2D eigenvalue weighted by atomic mass is 10.2. The monoisotopic (exact) mass is 380 g/mol. The number of anilines is 1. The summed E-state index contributed by atoms with van der Waals surface area (Å²) in [5.41, 5.74) is 3.35. The van der Waals surface area contributed by atoms with Gasteiger partial charge in [0.2, 0.25) is 5.91 Å². The van der Waals surface area contributed by atoms with Crippen molar-refractivity contribution in [1.82, 2.24) is 14.5 Å².